The van der Waals surface area contributed by atoms with E-state index in [2.05, 4.69) is 9.97 Å². The molecule has 6 nitrogen and oxygen atoms in total. The van der Waals surface area contributed by atoms with Crippen LogP contribution in [0.25, 0.3) is 0 Å². The first-order chi connectivity index (χ1) is 8.76. The lowest BCUT2D eigenvalue weighted by molar-refractivity contribution is -0.117. The Balaban J connectivity index is 2.20. The van der Waals surface area contributed by atoms with Gasteiger partial charge < -0.3 is 4.90 Å². The maximum absolute atomic E-state index is 11.8. The van der Waals surface area contributed by atoms with Gasteiger partial charge in [0.15, 0.2) is 5.15 Å². The third-order valence-corrected chi connectivity index (χ3v) is 4.33. The van der Waals surface area contributed by atoms with Crippen LogP contribution >= 0.6 is 33.9 Å². The highest BCUT2D eigenvalue weighted by Gasteiger charge is 2.34. The molecule has 0 aliphatic carbocycles. The third kappa shape index (κ3) is 3.68. The van der Waals surface area contributed by atoms with Crippen molar-refractivity contribution in [3.05, 3.63) is 16.6 Å². The largest absolute Gasteiger partial charge is 0.308 e. The Morgan fingerprint density at radius 3 is 2.68 bits per heavy atom. The zero-order valence-corrected chi connectivity index (χ0v) is 12.5. The molecule has 1 aliphatic rings. The van der Waals surface area contributed by atoms with E-state index >= 15 is 0 Å². The van der Waals surface area contributed by atoms with Crippen molar-refractivity contribution >= 4 is 54.5 Å². The Morgan fingerprint density at radius 2 is 2.11 bits per heavy atom. The second-order valence-electron chi connectivity index (χ2n) is 4.10. The van der Waals surface area contributed by atoms with Gasteiger partial charge in [-0.2, -0.15) is 0 Å². The molecule has 1 amide bonds. The topological polar surface area (TPSA) is 80.2 Å². The van der Waals surface area contributed by atoms with Gasteiger partial charge in [0.1, 0.15) is 0 Å². The smallest absolute Gasteiger partial charge is 0.232 e. The van der Waals surface area contributed by atoms with Gasteiger partial charge >= 0.3 is 0 Å². The van der Waals surface area contributed by atoms with E-state index in [0.29, 0.717) is 5.69 Å². The number of carbonyl (C=O) groups excluding carboxylic acids is 1. The zero-order chi connectivity index (χ0) is 14.2. The number of aromatic nitrogens is 2. The van der Waals surface area contributed by atoms with E-state index in [-0.39, 0.29) is 41.0 Å². The van der Waals surface area contributed by atoms with E-state index in [4.69, 9.17) is 33.9 Å². The molecule has 104 valence electrons. The van der Waals surface area contributed by atoms with Gasteiger partial charge in [-0.25, -0.2) is 18.4 Å². The minimum atomic E-state index is -3.65. The van der Waals surface area contributed by atoms with E-state index in [1.165, 1.54) is 11.1 Å². The Labute approximate surface area is 124 Å². The quantitative estimate of drug-likeness (QED) is 0.474. The van der Waals surface area contributed by atoms with Crippen molar-refractivity contribution in [2.45, 2.75) is 6.42 Å². The van der Waals surface area contributed by atoms with Crippen LogP contribution in [0.1, 0.15) is 6.42 Å². The highest BCUT2D eigenvalue weighted by molar-refractivity contribution is 8.13. The Bertz CT molecular complexity index is 622. The lowest BCUT2D eigenvalue weighted by Crippen LogP contribution is -2.26. The number of hydrogen-bond acceptors (Lipinski definition) is 5. The number of nitrogens with zero attached hydrogens (tertiary/aromatic N) is 3. The van der Waals surface area contributed by atoms with Gasteiger partial charge in [-0.05, 0) is 11.6 Å². The fourth-order valence-electron chi connectivity index (χ4n) is 1.92. The highest BCUT2D eigenvalue weighted by atomic mass is 35.7. The van der Waals surface area contributed by atoms with Crippen LogP contribution in [0, 0.1) is 5.92 Å². The average Bonchev–Trinajstić information content (AvgIpc) is 2.56. The first kappa shape index (κ1) is 14.8. The fourth-order valence-corrected chi connectivity index (χ4v) is 3.65. The minimum absolute atomic E-state index is 0.0275. The van der Waals surface area contributed by atoms with Crippen LogP contribution in [0.5, 0.6) is 0 Å². The van der Waals surface area contributed by atoms with Crippen LogP contribution in [0.4, 0.5) is 5.69 Å². The zero-order valence-electron chi connectivity index (χ0n) is 9.38. The van der Waals surface area contributed by atoms with Crippen molar-refractivity contribution in [3.8, 4) is 0 Å². The van der Waals surface area contributed by atoms with Gasteiger partial charge in [-0.15, -0.1) is 0 Å². The van der Waals surface area contributed by atoms with Crippen LogP contribution in [-0.2, 0) is 13.8 Å². The third-order valence-electron chi connectivity index (χ3n) is 2.63. The Kier molecular flexibility index (Phi) is 4.20. The lowest BCUT2D eigenvalue weighted by Gasteiger charge is -2.16. The second-order valence-corrected chi connectivity index (χ2v) is 7.61. The summed E-state index contributed by atoms with van der Waals surface area (Å²) in [5.41, 5.74) is 0.311. The summed E-state index contributed by atoms with van der Waals surface area (Å²) >= 11 is 11.5. The summed E-state index contributed by atoms with van der Waals surface area (Å²) in [6, 6.07) is 0. The summed E-state index contributed by atoms with van der Waals surface area (Å²) in [4.78, 5) is 20.7. The molecular formula is C9H8Cl3N3O3S. The van der Waals surface area contributed by atoms with Gasteiger partial charge in [0, 0.05) is 29.6 Å². The number of anilines is 1. The molecule has 0 spiro atoms. The summed E-state index contributed by atoms with van der Waals surface area (Å²) in [7, 11) is 1.54. The Hall–Kier alpha value is -0.630. The van der Waals surface area contributed by atoms with Gasteiger partial charge in [0.25, 0.3) is 0 Å². The standard InChI is InChI=1S/C9H8Cl3N3O3S/c10-8-6(2-13-9(11)14-8)15-3-5(1-7(15)16)4-19(12,17)18/h2,5H,1,3-4H2. The average molecular weight is 345 g/mol. The molecule has 1 unspecified atom stereocenters. The second kappa shape index (κ2) is 5.40. The molecule has 1 aromatic rings. The van der Waals surface area contributed by atoms with Gasteiger partial charge in [0.05, 0.1) is 17.6 Å². The van der Waals surface area contributed by atoms with E-state index in [9.17, 15) is 13.2 Å². The van der Waals surface area contributed by atoms with Crippen molar-refractivity contribution in [2.75, 3.05) is 17.2 Å². The molecule has 0 radical (unpaired) electrons. The number of halogens is 3. The SMILES string of the molecule is O=C1CC(CS(=O)(=O)Cl)CN1c1cnc(Cl)nc1Cl. The van der Waals surface area contributed by atoms with E-state index in [0.717, 1.165) is 0 Å². The molecule has 2 rings (SSSR count). The summed E-state index contributed by atoms with van der Waals surface area (Å²) in [6.07, 6.45) is 1.41. The van der Waals surface area contributed by atoms with Crippen LogP contribution in [0.3, 0.4) is 0 Å². The molecule has 1 aliphatic heterocycles. The maximum atomic E-state index is 11.8. The summed E-state index contributed by atoms with van der Waals surface area (Å²) in [6.45, 7) is 0.204. The van der Waals surface area contributed by atoms with Crippen molar-refractivity contribution < 1.29 is 13.2 Å². The molecule has 0 bridgehead atoms. The van der Waals surface area contributed by atoms with Crippen LogP contribution in [0.2, 0.25) is 10.4 Å². The summed E-state index contributed by atoms with van der Waals surface area (Å²) in [5.74, 6) is -0.886. The number of rotatable bonds is 3. The molecular weight excluding hydrogens is 337 g/mol. The maximum Gasteiger partial charge on any atom is 0.232 e. The molecule has 1 atom stereocenters. The fraction of sp³-hybridized carbons (Fsp3) is 0.444. The molecule has 1 fully saturated rings. The van der Waals surface area contributed by atoms with Crippen molar-refractivity contribution in [2.24, 2.45) is 5.92 Å². The predicted molar refractivity (Wildman–Crippen MR) is 72.2 cm³/mol. The predicted octanol–water partition coefficient (Wildman–Crippen LogP) is 1.70. The molecule has 1 saturated heterocycles. The lowest BCUT2D eigenvalue weighted by atomic mass is 10.1. The molecule has 1 aromatic heterocycles. The van der Waals surface area contributed by atoms with Crippen LogP contribution in [0.15, 0.2) is 6.20 Å². The monoisotopic (exact) mass is 343 g/mol. The Morgan fingerprint density at radius 1 is 1.42 bits per heavy atom. The number of amides is 1. The molecule has 19 heavy (non-hydrogen) atoms. The van der Waals surface area contributed by atoms with Crippen LogP contribution in [-0.4, -0.2) is 36.6 Å². The van der Waals surface area contributed by atoms with Crippen molar-refractivity contribution in [1.29, 1.82) is 0 Å². The first-order valence-electron chi connectivity index (χ1n) is 5.17. The van der Waals surface area contributed by atoms with Gasteiger partial charge in [-0.1, -0.05) is 11.6 Å². The number of hydrogen-bond donors (Lipinski definition) is 0. The highest BCUT2D eigenvalue weighted by Crippen LogP contribution is 2.30. The molecule has 0 aromatic carbocycles. The first-order valence-corrected chi connectivity index (χ1v) is 8.40. The van der Waals surface area contributed by atoms with E-state index < -0.39 is 9.05 Å². The van der Waals surface area contributed by atoms with Crippen molar-refractivity contribution in [3.63, 3.8) is 0 Å². The summed E-state index contributed by atoms with van der Waals surface area (Å²) in [5, 5.41) is 0.0167. The van der Waals surface area contributed by atoms with Gasteiger partial charge in [0.2, 0.25) is 20.2 Å². The van der Waals surface area contributed by atoms with Crippen LogP contribution < -0.4 is 4.90 Å². The van der Waals surface area contributed by atoms with E-state index in [1.807, 2.05) is 0 Å². The molecule has 10 heteroatoms. The summed E-state index contributed by atoms with van der Waals surface area (Å²) < 4.78 is 22.0. The molecule has 0 N–H and O–H groups in total. The number of carbonyl (C=O) groups is 1. The normalized spacial score (nSPS) is 20.1. The van der Waals surface area contributed by atoms with E-state index in [1.54, 1.807) is 0 Å². The van der Waals surface area contributed by atoms with Gasteiger partial charge in [-0.3, -0.25) is 4.79 Å². The van der Waals surface area contributed by atoms with Crippen molar-refractivity contribution in [1.82, 2.24) is 9.97 Å². The molecule has 0 saturated carbocycles. The molecule has 2 heterocycles. The minimum Gasteiger partial charge on any atom is -0.308 e.